The molecule has 1 rings (SSSR count). The van der Waals surface area contributed by atoms with Crippen molar-refractivity contribution in [2.24, 2.45) is 0 Å². The van der Waals surface area contributed by atoms with E-state index in [0.717, 1.165) is 18.1 Å². The van der Waals surface area contributed by atoms with Gasteiger partial charge in [0, 0.05) is 6.07 Å². The Balaban J connectivity index is 0.000000561. The molecule has 0 saturated carbocycles. The Labute approximate surface area is 77.6 Å². The van der Waals surface area contributed by atoms with Crippen molar-refractivity contribution in [3.05, 3.63) is 29.6 Å². The highest BCUT2D eigenvalue weighted by atomic mass is 32.1. The zero-order valence-corrected chi connectivity index (χ0v) is 8.11. The average molecular weight is 188 g/mol. The molecule has 0 aliphatic carbocycles. The van der Waals surface area contributed by atoms with Gasteiger partial charge in [0.15, 0.2) is 0 Å². The van der Waals surface area contributed by atoms with E-state index in [2.05, 4.69) is 12.6 Å². The average Bonchev–Trinajstić information content (AvgIpc) is 2.08. The summed E-state index contributed by atoms with van der Waals surface area (Å²) < 4.78 is 12.3. The standard InChI is InChI=1S/C8H9FO.CH4S/c1-2-6-3-4-7(9)5-8(6)10;1-2/h3-5,10H,2H2,1H3;2H,1H3. The molecule has 0 radical (unpaired) electrons. The Morgan fingerprint density at radius 3 is 2.42 bits per heavy atom. The Kier molecular flexibility index (Phi) is 5.54. The normalized spacial score (nSPS) is 8.67. The van der Waals surface area contributed by atoms with Gasteiger partial charge in [0.2, 0.25) is 0 Å². The maximum absolute atomic E-state index is 12.3. The first kappa shape index (κ1) is 11.3. The Morgan fingerprint density at radius 1 is 1.42 bits per heavy atom. The Morgan fingerprint density at radius 2 is 2.00 bits per heavy atom. The number of halogens is 1. The molecular formula is C9H13FOS. The Bertz CT molecular complexity index is 238. The van der Waals surface area contributed by atoms with Gasteiger partial charge < -0.3 is 5.11 Å². The third-order valence-corrected chi connectivity index (χ3v) is 1.43. The summed E-state index contributed by atoms with van der Waals surface area (Å²) in [6, 6.07) is 4.06. The minimum Gasteiger partial charge on any atom is -0.508 e. The molecule has 0 atom stereocenters. The molecule has 1 aromatic carbocycles. The summed E-state index contributed by atoms with van der Waals surface area (Å²) in [5.41, 5.74) is 0.779. The van der Waals surface area contributed by atoms with Crippen LogP contribution in [-0.2, 0) is 6.42 Å². The third-order valence-electron chi connectivity index (χ3n) is 1.43. The SMILES string of the molecule is CCc1ccc(F)cc1O.CS. The number of phenolic OH excluding ortho intramolecular Hbond substituents is 1. The molecule has 1 N–H and O–H groups in total. The predicted octanol–water partition coefficient (Wildman–Crippen LogP) is 2.64. The van der Waals surface area contributed by atoms with Crippen molar-refractivity contribution in [1.82, 2.24) is 0 Å². The summed E-state index contributed by atoms with van der Waals surface area (Å²) in [6.07, 6.45) is 2.42. The summed E-state index contributed by atoms with van der Waals surface area (Å²) in [5.74, 6) is -0.350. The van der Waals surface area contributed by atoms with Gasteiger partial charge in [-0.15, -0.1) is 0 Å². The fourth-order valence-electron chi connectivity index (χ4n) is 0.836. The van der Waals surface area contributed by atoms with E-state index in [4.69, 9.17) is 5.11 Å². The molecular weight excluding hydrogens is 175 g/mol. The van der Waals surface area contributed by atoms with Crippen LogP contribution in [0.4, 0.5) is 4.39 Å². The van der Waals surface area contributed by atoms with Crippen molar-refractivity contribution < 1.29 is 9.50 Å². The lowest BCUT2D eigenvalue weighted by molar-refractivity contribution is 0.462. The Hall–Kier alpha value is -0.700. The zero-order chi connectivity index (χ0) is 9.56. The van der Waals surface area contributed by atoms with Gasteiger partial charge in [0.05, 0.1) is 0 Å². The molecule has 0 heterocycles. The predicted molar refractivity (Wildman–Crippen MR) is 52.4 cm³/mol. The number of thiol groups is 1. The summed E-state index contributed by atoms with van der Waals surface area (Å²) >= 11 is 3.53. The quantitative estimate of drug-likeness (QED) is 0.649. The van der Waals surface area contributed by atoms with E-state index in [1.54, 1.807) is 12.3 Å². The largest absolute Gasteiger partial charge is 0.508 e. The molecule has 0 aliphatic rings. The van der Waals surface area contributed by atoms with Crippen LogP contribution < -0.4 is 0 Å². The number of benzene rings is 1. The van der Waals surface area contributed by atoms with Crippen molar-refractivity contribution in [3.8, 4) is 5.75 Å². The summed E-state index contributed by atoms with van der Waals surface area (Å²) in [7, 11) is 0. The van der Waals surface area contributed by atoms with Crippen molar-refractivity contribution in [2.45, 2.75) is 13.3 Å². The van der Waals surface area contributed by atoms with Gasteiger partial charge in [-0.25, -0.2) is 4.39 Å². The molecule has 0 aromatic heterocycles. The van der Waals surface area contributed by atoms with Gasteiger partial charge in [0.1, 0.15) is 11.6 Å². The van der Waals surface area contributed by atoms with Gasteiger partial charge >= 0.3 is 0 Å². The van der Waals surface area contributed by atoms with Crippen LogP contribution in [0.25, 0.3) is 0 Å². The van der Waals surface area contributed by atoms with Crippen molar-refractivity contribution >= 4 is 12.6 Å². The van der Waals surface area contributed by atoms with Crippen LogP contribution in [-0.4, -0.2) is 11.4 Å². The van der Waals surface area contributed by atoms with Gasteiger partial charge in [0.25, 0.3) is 0 Å². The minimum absolute atomic E-state index is 0.0440. The molecule has 0 amide bonds. The fourth-order valence-corrected chi connectivity index (χ4v) is 0.836. The van der Waals surface area contributed by atoms with Crippen LogP contribution in [0.2, 0.25) is 0 Å². The van der Waals surface area contributed by atoms with E-state index in [9.17, 15) is 4.39 Å². The van der Waals surface area contributed by atoms with Crippen LogP contribution >= 0.6 is 12.6 Å². The van der Waals surface area contributed by atoms with E-state index in [1.165, 1.54) is 6.07 Å². The monoisotopic (exact) mass is 188 g/mol. The first-order valence-electron chi connectivity index (χ1n) is 3.66. The molecule has 0 unspecified atom stereocenters. The second kappa shape index (κ2) is 5.89. The highest BCUT2D eigenvalue weighted by molar-refractivity contribution is 7.79. The van der Waals surface area contributed by atoms with Crippen LogP contribution in [0.1, 0.15) is 12.5 Å². The lowest BCUT2D eigenvalue weighted by Crippen LogP contribution is -1.81. The van der Waals surface area contributed by atoms with E-state index in [1.807, 2.05) is 6.92 Å². The molecule has 0 saturated heterocycles. The maximum Gasteiger partial charge on any atom is 0.126 e. The molecule has 68 valence electrons. The first-order chi connectivity index (χ1) is 5.74. The van der Waals surface area contributed by atoms with Gasteiger partial charge in [-0.1, -0.05) is 13.0 Å². The lowest BCUT2D eigenvalue weighted by Gasteiger charge is -1.98. The highest BCUT2D eigenvalue weighted by Crippen LogP contribution is 2.17. The number of aromatic hydroxyl groups is 1. The summed E-state index contributed by atoms with van der Waals surface area (Å²) in [5, 5.41) is 9.05. The number of phenols is 1. The topological polar surface area (TPSA) is 20.2 Å². The van der Waals surface area contributed by atoms with Crippen molar-refractivity contribution in [2.75, 3.05) is 6.26 Å². The van der Waals surface area contributed by atoms with E-state index in [-0.39, 0.29) is 5.75 Å². The molecule has 0 fully saturated rings. The fraction of sp³-hybridized carbons (Fsp3) is 0.333. The first-order valence-corrected chi connectivity index (χ1v) is 4.55. The molecule has 0 bridgehead atoms. The third kappa shape index (κ3) is 3.13. The molecule has 12 heavy (non-hydrogen) atoms. The smallest absolute Gasteiger partial charge is 0.126 e. The van der Waals surface area contributed by atoms with Crippen molar-refractivity contribution in [3.63, 3.8) is 0 Å². The molecule has 1 nitrogen and oxygen atoms in total. The number of rotatable bonds is 1. The summed E-state index contributed by atoms with van der Waals surface area (Å²) in [6.45, 7) is 1.91. The maximum atomic E-state index is 12.3. The van der Waals surface area contributed by atoms with E-state index < -0.39 is 5.82 Å². The van der Waals surface area contributed by atoms with E-state index >= 15 is 0 Å². The minimum atomic E-state index is -0.394. The summed E-state index contributed by atoms with van der Waals surface area (Å²) in [4.78, 5) is 0. The molecule has 0 aliphatic heterocycles. The molecule has 1 aromatic rings. The second-order valence-corrected chi connectivity index (χ2v) is 2.13. The molecule has 0 spiro atoms. The van der Waals surface area contributed by atoms with Crippen LogP contribution in [0.15, 0.2) is 18.2 Å². The lowest BCUT2D eigenvalue weighted by atomic mass is 10.1. The van der Waals surface area contributed by atoms with Gasteiger partial charge in [-0.05, 0) is 24.3 Å². The number of hydrogen-bond donors (Lipinski definition) is 2. The zero-order valence-electron chi connectivity index (χ0n) is 7.21. The second-order valence-electron chi connectivity index (χ2n) is 2.13. The number of hydrogen-bond acceptors (Lipinski definition) is 2. The van der Waals surface area contributed by atoms with Crippen LogP contribution in [0.3, 0.4) is 0 Å². The van der Waals surface area contributed by atoms with Gasteiger partial charge in [-0.3, -0.25) is 0 Å². The molecule has 3 heteroatoms. The van der Waals surface area contributed by atoms with Crippen molar-refractivity contribution in [1.29, 1.82) is 0 Å². The van der Waals surface area contributed by atoms with Gasteiger partial charge in [-0.2, -0.15) is 12.6 Å². The number of aryl methyl sites for hydroxylation is 1. The van der Waals surface area contributed by atoms with E-state index in [0.29, 0.717) is 0 Å². The van der Waals surface area contributed by atoms with Crippen LogP contribution in [0.5, 0.6) is 5.75 Å². The highest BCUT2D eigenvalue weighted by Gasteiger charge is 1.98. The van der Waals surface area contributed by atoms with Crippen LogP contribution in [0, 0.1) is 5.82 Å².